The Morgan fingerprint density at radius 1 is 1.02 bits per heavy atom. The Morgan fingerprint density at radius 2 is 1.81 bits per heavy atom. The fourth-order valence-electron chi connectivity index (χ4n) is 5.67. The molecule has 0 saturated carbocycles. The molecule has 10 nitrogen and oxygen atoms in total. The fourth-order valence-corrected chi connectivity index (χ4v) is 5.67. The molecular formula is C32H35N5O5. The van der Waals surface area contributed by atoms with Crippen LogP contribution in [-0.4, -0.2) is 97.5 Å². The molecule has 3 fully saturated rings. The zero-order chi connectivity index (χ0) is 28.9. The summed E-state index contributed by atoms with van der Waals surface area (Å²) in [6, 6.07) is 15.7. The number of benzene rings is 2. The molecule has 0 radical (unpaired) electrons. The first-order chi connectivity index (χ1) is 20.6. The highest BCUT2D eigenvalue weighted by Gasteiger charge is 2.36. The van der Waals surface area contributed by atoms with Crippen molar-refractivity contribution in [3.63, 3.8) is 0 Å². The Bertz CT molecular complexity index is 1460. The number of methoxy groups -OCH3 is 1. The van der Waals surface area contributed by atoms with Crippen LogP contribution in [0.15, 0.2) is 48.7 Å². The zero-order valence-electron chi connectivity index (χ0n) is 23.8. The predicted molar refractivity (Wildman–Crippen MR) is 155 cm³/mol. The van der Waals surface area contributed by atoms with Crippen LogP contribution in [0.1, 0.15) is 40.2 Å². The fraction of sp³-hybridized carbons (Fsp3) is 0.438. The van der Waals surface area contributed by atoms with Crippen LogP contribution < -0.4 is 9.47 Å². The number of nitrogens with zero attached hydrogens (tertiary/aromatic N) is 5. The standard InChI is InChI=1S/C32H35N5O5/c1-39-30-16-22(2-4-27(30)32(38)37-20-25(21-37)36-10-14-41-15-11-36)17-31-34-9-6-28(35-31)23-3-5-29(24(18-23)19-33)42-26-7-12-40-13-8-26/h2-6,9,16,18,25-26H,7-8,10-15,17,20-21H2,1H3. The Kier molecular flexibility index (Phi) is 8.60. The molecule has 6 rings (SSSR count). The molecule has 1 aromatic heterocycles. The molecule has 2 aromatic carbocycles. The first-order valence-corrected chi connectivity index (χ1v) is 14.5. The van der Waals surface area contributed by atoms with Crippen molar-refractivity contribution >= 4 is 5.91 Å². The first kappa shape index (κ1) is 28.1. The number of aromatic nitrogens is 2. The van der Waals surface area contributed by atoms with Crippen molar-refractivity contribution < 1.29 is 23.7 Å². The van der Waals surface area contributed by atoms with Crippen LogP contribution in [0.2, 0.25) is 0 Å². The number of carbonyl (C=O) groups is 1. The van der Waals surface area contributed by atoms with E-state index in [1.807, 2.05) is 47.4 Å². The number of rotatable bonds is 8. The molecular weight excluding hydrogens is 534 g/mol. The largest absolute Gasteiger partial charge is 0.496 e. The summed E-state index contributed by atoms with van der Waals surface area (Å²) in [6.45, 7) is 6.15. The molecule has 42 heavy (non-hydrogen) atoms. The molecule has 4 heterocycles. The van der Waals surface area contributed by atoms with Gasteiger partial charge in [0.1, 0.15) is 29.5 Å². The van der Waals surface area contributed by atoms with Crippen molar-refractivity contribution in [2.75, 3.05) is 59.7 Å². The number of amides is 1. The second-order valence-corrected chi connectivity index (χ2v) is 10.8. The van der Waals surface area contributed by atoms with Gasteiger partial charge < -0.3 is 23.8 Å². The number of ether oxygens (including phenoxy) is 4. The molecule has 0 spiro atoms. The average Bonchev–Trinajstić information content (AvgIpc) is 3.01. The van der Waals surface area contributed by atoms with Gasteiger partial charge in [-0.05, 0) is 42.0 Å². The van der Waals surface area contributed by atoms with Crippen LogP contribution in [-0.2, 0) is 15.9 Å². The summed E-state index contributed by atoms with van der Waals surface area (Å²) < 4.78 is 22.6. The summed E-state index contributed by atoms with van der Waals surface area (Å²) in [5.74, 6) is 1.74. The van der Waals surface area contributed by atoms with Crippen molar-refractivity contribution in [2.24, 2.45) is 0 Å². The number of morpholine rings is 1. The molecule has 3 aliphatic heterocycles. The maximum Gasteiger partial charge on any atom is 0.257 e. The molecule has 0 N–H and O–H groups in total. The molecule has 0 unspecified atom stereocenters. The highest BCUT2D eigenvalue weighted by Crippen LogP contribution is 2.29. The Morgan fingerprint density at radius 3 is 2.57 bits per heavy atom. The van der Waals surface area contributed by atoms with E-state index in [9.17, 15) is 10.1 Å². The second kappa shape index (κ2) is 12.9. The molecule has 3 aliphatic rings. The topological polar surface area (TPSA) is 110 Å². The molecule has 0 aliphatic carbocycles. The average molecular weight is 570 g/mol. The Balaban J connectivity index is 1.12. The minimum Gasteiger partial charge on any atom is -0.496 e. The van der Waals surface area contributed by atoms with Crippen LogP contribution in [0.5, 0.6) is 11.5 Å². The maximum atomic E-state index is 13.2. The number of hydrogen-bond acceptors (Lipinski definition) is 9. The second-order valence-electron chi connectivity index (χ2n) is 10.8. The lowest BCUT2D eigenvalue weighted by Crippen LogP contribution is -2.62. The minimum atomic E-state index is -0.0151. The molecule has 3 aromatic rings. The van der Waals surface area contributed by atoms with Gasteiger partial charge in [-0.3, -0.25) is 9.69 Å². The highest BCUT2D eigenvalue weighted by molar-refractivity contribution is 5.97. The summed E-state index contributed by atoms with van der Waals surface area (Å²) in [7, 11) is 1.59. The third-order valence-electron chi connectivity index (χ3n) is 8.13. The van der Waals surface area contributed by atoms with Gasteiger partial charge in [0.15, 0.2) is 0 Å². The van der Waals surface area contributed by atoms with Crippen LogP contribution in [0.25, 0.3) is 11.3 Å². The van der Waals surface area contributed by atoms with Crippen molar-refractivity contribution in [3.8, 4) is 28.8 Å². The van der Waals surface area contributed by atoms with E-state index in [0.717, 1.165) is 69.1 Å². The molecule has 0 bridgehead atoms. The van der Waals surface area contributed by atoms with Gasteiger partial charge in [0.05, 0.1) is 50.4 Å². The van der Waals surface area contributed by atoms with Gasteiger partial charge in [-0.2, -0.15) is 5.26 Å². The lowest BCUT2D eigenvalue weighted by Gasteiger charge is -2.46. The third-order valence-corrected chi connectivity index (χ3v) is 8.13. The van der Waals surface area contributed by atoms with Crippen LogP contribution >= 0.6 is 0 Å². The highest BCUT2D eigenvalue weighted by atomic mass is 16.5. The number of likely N-dealkylation sites (tertiary alicyclic amines) is 1. The Labute approximate surface area is 245 Å². The monoisotopic (exact) mass is 569 g/mol. The maximum absolute atomic E-state index is 13.2. The quantitative estimate of drug-likeness (QED) is 0.403. The van der Waals surface area contributed by atoms with Crippen molar-refractivity contribution in [3.05, 3.63) is 71.2 Å². The van der Waals surface area contributed by atoms with Crippen molar-refractivity contribution in [1.29, 1.82) is 5.26 Å². The summed E-state index contributed by atoms with van der Waals surface area (Å²) in [5, 5.41) is 9.77. The van der Waals surface area contributed by atoms with E-state index in [2.05, 4.69) is 16.0 Å². The van der Waals surface area contributed by atoms with Crippen molar-refractivity contribution in [1.82, 2.24) is 19.8 Å². The van der Waals surface area contributed by atoms with E-state index < -0.39 is 0 Å². The molecule has 10 heteroatoms. The van der Waals surface area contributed by atoms with E-state index >= 15 is 0 Å². The Hall–Kier alpha value is -4.04. The number of carbonyl (C=O) groups excluding carboxylic acids is 1. The normalized spacial score (nSPS) is 18.2. The van der Waals surface area contributed by atoms with Crippen LogP contribution in [0, 0.1) is 11.3 Å². The van der Waals surface area contributed by atoms with E-state index in [0.29, 0.717) is 54.1 Å². The summed E-state index contributed by atoms with van der Waals surface area (Å²) in [5.41, 5.74) is 3.51. The van der Waals surface area contributed by atoms with E-state index in [1.54, 1.807) is 13.3 Å². The third kappa shape index (κ3) is 6.23. The summed E-state index contributed by atoms with van der Waals surface area (Å²) >= 11 is 0. The summed E-state index contributed by atoms with van der Waals surface area (Å²) in [6.07, 6.45) is 3.88. The van der Waals surface area contributed by atoms with Crippen molar-refractivity contribution in [2.45, 2.75) is 31.4 Å². The predicted octanol–water partition coefficient (Wildman–Crippen LogP) is 3.33. The van der Waals surface area contributed by atoms with Gasteiger partial charge >= 0.3 is 0 Å². The zero-order valence-corrected chi connectivity index (χ0v) is 23.8. The van der Waals surface area contributed by atoms with E-state index in [-0.39, 0.29) is 12.0 Å². The van der Waals surface area contributed by atoms with Gasteiger partial charge in [-0.15, -0.1) is 0 Å². The minimum absolute atomic E-state index is 0.0151. The number of nitriles is 1. The van der Waals surface area contributed by atoms with Gasteiger partial charge in [0.25, 0.3) is 5.91 Å². The summed E-state index contributed by atoms with van der Waals surface area (Å²) in [4.78, 5) is 26.8. The van der Waals surface area contributed by atoms with E-state index in [4.69, 9.17) is 23.9 Å². The SMILES string of the molecule is COc1cc(Cc2nccc(-c3ccc(OC4CCOCC4)c(C#N)c3)n2)ccc1C(=O)N1CC(N2CCOCC2)C1. The molecule has 218 valence electrons. The molecule has 0 atom stereocenters. The lowest BCUT2D eigenvalue weighted by atomic mass is 10.0. The van der Waals surface area contributed by atoms with Gasteiger partial charge in [0.2, 0.25) is 0 Å². The van der Waals surface area contributed by atoms with Gasteiger partial charge in [0, 0.05) is 63.2 Å². The molecule has 1 amide bonds. The van der Waals surface area contributed by atoms with Gasteiger partial charge in [-0.25, -0.2) is 9.97 Å². The number of hydrogen-bond donors (Lipinski definition) is 0. The smallest absolute Gasteiger partial charge is 0.257 e. The lowest BCUT2D eigenvalue weighted by molar-refractivity contribution is -0.0256. The van der Waals surface area contributed by atoms with Gasteiger partial charge in [-0.1, -0.05) is 6.07 Å². The van der Waals surface area contributed by atoms with Crippen LogP contribution in [0.4, 0.5) is 0 Å². The molecule has 3 saturated heterocycles. The van der Waals surface area contributed by atoms with E-state index in [1.165, 1.54) is 0 Å². The first-order valence-electron chi connectivity index (χ1n) is 14.5. The van der Waals surface area contributed by atoms with Crippen LogP contribution in [0.3, 0.4) is 0 Å².